The lowest BCUT2D eigenvalue weighted by Crippen LogP contribution is -2.34. The van der Waals surface area contributed by atoms with Gasteiger partial charge in [-0.3, -0.25) is 4.90 Å². The molecule has 0 amide bonds. The fraction of sp³-hybridized carbons (Fsp3) is 0.714. The SMILES string of the molecule is CN(CC1CCCCC1)C(CN)c1ccoc1. The van der Waals surface area contributed by atoms with E-state index in [1.807, 2.05) is 12.3 Å². The quantitative estimate of drug-likeness (QED) is 0.854. The van der Waals surface area contributed by atoms with Gasteiger partial charge in [-0.25, -0.2) is 0 Å². The molecule has 17 heavy (non-hydrogen) atoms. The van der Waals surface area contributed by atoms with Crippen LogP contribution in [0.15, 0.2) is 23.0 Å². The zero-order valence-corrected chi connectivity index (χ0v) is 10.8. The molecule has 1 heterocycles. The summed E-state index contributed by atoms with van der Waals surface area (Å²) in [7, 11) is 2.18. The molecule has 3 nitrogen and oxygen atoms in total. The van der Waals surface area contributed by atoms with Crippen molar-refractivity contribution in [3.05, 3.63) is 24.2 Å². The van der Waals surface area contributed by atoms with Crippen LogP contribution >= 0.6 is 0 Å². The molecule has 1 aromatic heterocycles. The monoisotopic (exact) mass is 236 g/mol. The van der Waals surface area contributed by atoms with Gasteiger partial charge in [0.1, 0.15) is 0 Å². The summed E-state index contributed by atoms with van der Waals surface area (Å²) in [6, 6.07) is 2.32. The third-order valence-electron chi connectivity index (χ3n) is 3.95. The first kappa shape index (κ1) is 12.7. The van der Waals surface area contributed by atoms with Gasteiger partial charge in [-0.15, -0.1) is 0 Å². The van der Waals surface area contributed by atoms with Gasteiger partial charge < -0.3 is 10.2 Å². The molecule has 2 rings (SSSR count). The molecule has 0 aliphatic heterocycles. The van der Waals surface area contributed by atoms with E-state index < -0.39 is 0 Å². The first-order valence-corrected chi connectivity index (χ1v) is 6.73. The van der Waals surface area contributed by atoms with Crippen LogP contribution in [0.25, 0.3) is 0 Å². The molecule has 1 fully saturated rings. The highest BCUT2D eigenvalue weighted by molar-refractivity contribution is 5.12. The van der Waals surface area contributed by atoms with Crippen LogP contribution in [0.3, 0.4) is 0 Å². The molecule has 1 aliphatic carbocycles. The Kier molecular flexibility index (Phi) is 4.63. The molecule has 1 unspecified atom stereocenters. The highest BCUT2D eigenvalue weighted by Gasteiger charge is 2.21. The number of hydrogen-bond donors (Lipinski definition) is 1. The molecule has 0 radical (unpaired) electrons. The zero-order valence-electron chi connectivity index (χ0n) is 10.8. The minimum atomic E-state index is 0.302. The first-order valence-electron chi connectivity index (χ1n) is 6.73. The Morgan fingerprint density at radius 3 is 2.76 bits per heavy atom. The van der Waals surface area contributed by atoms with Gasteiger partial charge in [-0.05, 0) is 31.9 Å². The second-order valence-corrected chi connectivity index (χ2v) is 5.25. The van der Waals surface area contributed by atoms with Crippen molar-refractivity contribution in [1.29, 1.82) is 0 Å². The van der Waals surface area contributed by atoms with Gasteiger partial charge in [0, 0.05) is 24.7 Å². The van der Waals surface area contributed by atoms with Crippen molar-refractivity contribution >= 4 is 0 Å². The van der Waals surface area contributed by atoms with E-state index in [2.05, 4.69) is 11.9 Å². The largest absolute Gasteiger partial charge is 0.472 e. The molecule has 96 valence electrons. The lowest BCUT2D eigenvalue weighted by Gasteiger charge is -2.31. The van der Waals surface area contributed by atoms with Gasteiger partial charge in [0.25, 0.3) is 0 Å². The van der Waals surface area contributed by atoms with Crippen LogP contribution in [-0.4, -0.2) is 25.0 Å². The molecule has 0 aromatic carbocycles. The number of rotatable bonds is 5. The molecule has 1 aliphatic rings. The van der Waals surface area contributed by atoms with E-state index in [4.69, 9.17) is 10.2 Å². The molecule has 0 spiro atoms. The molecule has 1 aromatic rings. The Morgan fingerprint density at radius 1 is 1.41 bits per heavy atom. The van der Waals surface area contributed by atoms with Crippen molar-refractivity contribution in [2.45, 2.75) is 38.1 Å². The van der Waals surface area contributed by atoms with Crippen molar-refractivity contribution in [3.8, 4) is 0 Å². The summed E-state index contributed by atoms with van der Waals surface area (Å²) in [5.74, 6) is 0.856. The van der Waals surface area contributed by atoms with Crippen LogP contribution in [0.5, 0.6) is 0 Å². The average Bonchev–Trinajstić information content (AvgIpc) is 2.85. The van der Waals surface area contributed by atoms with Crippen molar-refractivity contribution in [2.24, 2.45) is 11.7 Å². The molecule has 3 heteroatoms. The van der Waals surface area contributed by atoms with Crippen LogP contribution in [0.1, 0.15) is 43.7 Å². The Bertz CT molecular complexity index is 304. The van der Waals surface area contributed by atoms with Crippen LogP contribution in [-0.2, 0) is 0 Å². The van der Waals surface area contributed by atoms with Gasteiger partial charge in [0.2, 0.25) is 0 Å². The highest BCUT2D eigenvalue weighted by atomic mass is 16.3. The number of furan rings is 1. The minimum Gasteiger partial charge on any atom is -0.472 e. The third-order valence-corrected chi connectivity index (χ3v) is 3.95. The van der Waals surface area contributed by atoms with E-state index in [1.165, 1.54) is 37.7 Å². The van der Waals surface area contributed by atoms with Crippen molar-refractivity contribution in [1.82, 2.24) is 4.90 Å². The lowest BCUT2D eigenvalue weighted by molar-refractivity contribution is 0.185. The van der Waals surface area contributed by atoms with Gasteiger partial charge in [-0.2, -0.15) is 0 Å². The number of likely N-dealkylation sites (N-methyl/N-ethyl adjacent to an activating group) is 1. The molecular formula is C14H24N2O. The highest BCUT2D eigenvalue weighted by Crippen LogP contribution is 2.27. The predicted octanol–water partition coefficient (Wildman–Crippen LogP) is 2.79. The second kappa shape index (κ2) is 6.22. The fourth-order valence-electron chi connectivity index (χ4n) is 2.94. The van der Waals surface area contributed by atoms with E-state index >= 15 is 0 Å². The Labute approximate surface area is 104 Å². The summed E-state index contributed by atoms with van der Waals surface area (Å²) in [5.41, 5.74) is 7.09. The topological polar surface area (TPSA) is 42.4 Å². The molecule has 1 atom stereocenters. The van der Waals surface area contributed by atoms with E-state index in [-0.39, 0.29) is 0 Å². The maximum Gasteiger partial charge on any atom is 0.0950 e. The standard InChI is InChI=1S/C14H24N2O/c1-16(10-12-5-3-2-4-6-12)14(9-15)13-7-8-17-11-13/h7-8,11-12,14H,2-6,9-10,15H2,1H3. The van der Waals surface area contributed by atoms with E-state index in [1.54, 1.807) is 6.26 Å². The van der Waals surface area contributed by atoms with Crippen LogP contribution in [0.4, 0.5) is 0 Å². The molecule has 0 bridgehead atoms. The van der Waals surface area contributed by atoms with Gasteiger partial charge >= 0.3 is 0 Å². The van der Waals surface area contributed by atoms with E-state index in [0.29, 0.717) is 12.6 Å². The lowest BCUT2D eigenvalue weighted by atomic mass is 9.88. The predicted molar refractivity (Wildman–Crippen MR) is 69.7 cm³/mol. The Morgan fingerprint density at radius 2 is 2.18 bits per heavy atom. The molecule has 1 saturated carbocycles. The number of hydrogen-bond acceptors (Lipinski definition) is 3. The third kappa shape index (κ3) is 3.33. The molecule has 2 N–H and O–H groups in total. The first-order chi connectivity index (χ1) is 8.31. The van der Waals surface area contributed by atoms with Crippen molar-refractivity contribution in [2.75, 3.05) is 20.1 Å². The summed E-state index contributed by atoms with van der Waals surface area (Å²) >= 11 is 0. The molecular weight excluding hydrogens is 212 g/mol. The van der Waals surface area contributed by atoms with Crippen molar-refractivity contribution < 1.29 is 4.42 Å². The smallest absolute Gasteiger partial charge is 0.0950 e. The van der Waals surface area contributed by atoms with Crippen LogP contribution in [0.2, 0.25) is 0 Å². The maximum absolute atomic E-state index is 5.89. The van der Waals surface area contributed by atoms with Gasteiger partial charge in [0.15, 0.2) is 0 Å². The fourth-order valence-corrected chi connectivity index (χ4v) is 2.94. The molecule has 0 saturated heterocycles. The Hall–Kier alpha value is -0.800. The average molecular weight is 236 g/mol. The summed E-state index contributed by atoms with van der Waals surface area (Å²) in [5, 5.41) is 0. The van der Waals surface area contributed by atoms with Crippen LogP contribution in [0, 0.1) is 5.92 Å². The maximum atomic E-state index is 5.89. The number of nitrogens with two attached hydrogens (primary N) is 1. The number of nitrogens with zero attached hydrogens (tertiary/aromatic N) is 1. The zero-order chi connectivity index (χ0) is 12.1. The van der Waals surface area contributed by atoms with Crippen molar-refractivity contribution in [3.63, 3.8) is 0 Å². The summed E-state index contributed by atoms with van der Waals surface area (Å²) < 4.78 is 5.16. The Balaban J connectivity index is 1.90. The van der Waals surface area contributed by atoms with E-state index in [9.17, 15) is 0 Å². The summed E-state index contributed by atoms with van der Waals surface area (Å²) in [4.78, 5) is 2.39. The summed E-state index contributed by atoms with van der Waals surface area (Å²) in [6.45, 7) is 1.82. The van der Waals surface area contributed by atoms with Gasteiger partial charge in [-0.1, -0.05) is 19.3 Å². The van der Waals surface area contributed by atoms with Gasteiger partial charge in [0.05, 0.1) is 12.5 Å². The normalized spacial score (nSPS) is 19.7. The minimum absolute atomic E-state index is 0.302. The van der Waals surface area contributed by atoms with E-state index in [0.717, 1.165) is 12.5 Å². The summed E-state index contributed by atoms with van der Waals surface area (Å²) in [6.07, 6.45) is 10.5. The van der Waals surface area contributed by atoms with Crippen LogP contribution < -0.4 is 5.73 Å². The second-order valence-electron chi connectivity index (χ2n) is 5.25.